The molecule has 2 aromatic rings. The van der Waals surface area contributed by atoms with Crippen LogP contribution in [0.4, 0.5) is 0 Å². The van der Waals surface area contributed by atoms with Crippen molar-refractivity contribution in [3.63, 3.8) is 0 Å². The maximum atomic E-state index is 11.5. The molecule has 0 saturated carbocycles. The van der Waals surface area contributed by atoms with Crippen LogP contribution in [0.1, 0.15) is 25.0 Å². The van der Waals surface area contributed by atoms with Gasteiger partial charge in [0, 0.05) is 0 Å². The van der Waals surface area contributed by atoms with Crippen LogP contribution in [0.5, 0.6) is 0 Å². The van der Waals surface area contributed by atoms with Gasteiger partial charge in [0.1, 0.15) is 0 Å². The molecule has 0 spiro atoms. The van der Waals surface area contributed by atoms with E-state index in [1.807, 2.05) is 79.2 Å². The summed E-state index contributed by atoms with van der Waals surface area (Å²) in [6.07, 6.45) is 0.589. The first-order valence-electron chi connectivity index (χ1n) is 7.81. The Hall–Kier alpha value is -1.25. The quantitative estimate of drug-likeness (QED) is 0.758. The molecule has 0 unspecified atom stereocenters. The summed E-state index contributed by atoms with van der Waals surface area (Å²) >= 11 is 0. The number of hydrogen-bond acceptors (Lipinski definition) is 3. The van der Waals surface area contributed by atoms with Crippen LogP contribution < -0.4 is 0 Å². The van der Waals surface area contributed by atoms with E-state index in [2.05, 4.69) is 0 Å². The fraction of sp³-hybridized carbons (Fsp3) is 0.333. The molecule has 0 radical (unpaired) electrons. The molecule has 3 nitrogen and oxygen atoms in total. The third kappa shape index (κ3) is 3.93. The van der Waals surface area contributed by atoms with Gasteiger partial charge in [-0.15, -0.1) is 0 Å². The van der Waals surface area contributed by atoms with Crippen molar-refractivity contribution in [2.75, 3.05) is 13.1 Å². The molecule has 0 bridgehead atoms. The molecule has 0 aliphatic carbocycles. The van der Waals surface area contributed by atoms with Crippen LogP contribution in [-0.2, 0) is 12.3 Å². The Morgan fingerprint density at radius 1 is 0.727 bits per heavy atom. The Kier molecular flexibility index (Phi) is 5.36. The standard InChI is InChI=1S/C18H26NO2P/c1-3-19(4-2)22(20,21,15-17-11-7-5-8-12-17)16-18-13-9-6-10-14-18/h5-14,20-21H,3-4,15-16H2,1-2H3. The predicted octanol–water partition coefficient (Wildman–Crippen LogP) is 4.01. The minimum absolute atomic E-state index is 0.295. The number of hydrogen-bond donors (Lipinski definition) is 2. The Bertz CT molecular complexity index is 537. The van der Waals surface area contributed by atoms with Crippen molar-refractivity contribution in [2.45, 2.75) is 26.2 Å². The van der Waals surface area contributed by atoms with Crippen molar-refractivity contribution in [1.29, 1.82) is 0 Å². The molecule has 0 aliphatic rings. The number of nitrogens with zero attached hydrogens (tertiary/aromatic N) is 1. The second-order valence-corrected chi connectivity index (χ2v) is 9.65. The molecule has 0 atom stereocenters. The van der Waals surface area contributed by atoms with Crippen molar-refractivity contribution in [3.05, 3.63) is 71.8 Å². The fourth-order valence-electron chi connectivity index (χ4n) is 3.05. The summed E-state index contributed by atoms with van der Waals surface area (Å²) in [5, 5.41) is 0. The maximum absolute atomic E-state index is 11.5. The van der Waals surface area contributed by atoms with Crippen LogP contribution in [0.3, 0.4) is 0 Å². The minimum atomic E-state index is -4.02. The molecule has 2 N–H and O–H groups in total. The van der Waals surface area contributed by atoms with Gasteiger partial charge in [-0.2, -0.15) is 0 Å². The molecule has 22 heavy (non-hydrogen) atoms. The first-order valence-corrected chi connectivity index (χ1v) is 10.3. The van der Waals surface area contributed by atoms with E-state index in [-0.39, 0.29) is 0 Å². The van der Waals surface area contributed by atoms with Crippen LogP contribution in [0.15, 0.2) is 60.7 Å². The van der Waals surface area contributed by atoms with Crippen molar-refractivity contribution < 1.29 is 9.79 Å². The van der Waals surface area contributed by atoms with Gasteiger partial charge in [0.05, 0.1) is 0 Å². The van der Waals surface area contributed by atoms with Gasteiger partial charge < -0.3 is 0 Å². The Morgan fingerprint density at radius 2 is 1.09 bits per heavy atom. The Balaban J connectivity index is 2.39. The van der Waals surface area contributed by atoms with Crippen LogP contribution >= 0.6 is 7.21 Å². The zero-order valence-electron chi connectivity index (χ0n) is 13.4. The molecule has 120 valence electrons. The van der Waals surface area contributed by atoms with E-state index < -0.39 is 7.21 Å². The fourth-order valence-corrected chi connectivity index (χ4v) is 6.78. The van der Waals surface area contributed by atoms with E-state index in [1.165, 1.54) is 0 Å². The second-order valence-electron chi connectivity index (χ2n) is 5.77. The summed E-state index contributed by atoms with van der Waals surface area (Å²) in [5.74, 6) is 0. The van der Waals surface area contributed by atoms with Gasteiger partial charge in [-0.1, -0.05) is 0 Å². The van der Waals surface area contributed by atoms with Crippen LogP contribution in [0.25, 0.3) is 0 Å². The summed E-state index contributed by atoms with van der Waals surface area (Å²) in [5.41, 5.74) is 1.93. The topological polar surface area (TPSA) is 43.7 Å². The Morgan fingerprint density at radius 3 is 1.41 bits per heavy atom. The number of benzene rings is 2. The Labute approximate surface area is 133 Å². The molecule has 0 amide bonds. The molecule has 2 aromatic carbocycles. The monoisotopic (exact) mass is 319 g/mol. The average molecular weight is 319 g/mol. The van der Waals surface area contributed by atoms with E-state index in [1.54, 1.807) is 0 Å². The van der Waals surface area contributed by atoms with Gasteiger partial charge in [-0.05, 0) is 0 Å². The van der Waals surface area contributed by atoms with E-state index in [0.29, 0.717) is 25.4 Å². The van der Waals surface area contributed by atoms with Crippen LogP contribution in [-0.4, -0.2) is 27.5 Å². The summed E-state index contributed by atoms with van der Waals surface area (Å²) < 4.78 is 1.85. The van der Waals surface area contributed by atoms with Gasteiger partial charge in [0.15, 0.2) is 0 Å². The first-order chi connectivity index (χ1) is 10.5. The zero-order chi connectivity index (χ0) is 16.1. The molecule has 0 aliphatic heterocycles. The molecule has 4 heteroatoms. The van der Waals surface area contributed by atoms with Gasteiger partial charge in [0.25, 0.3) is 0 Å². The van der Waals surface area contributed by atoms with E-state index in [9.17, 15) is 9.79 Å². The van der Waals surface area contributed by atoms with Gasteiger partial charge in [-0.25, -0.2) is 0 Å². The van der Waals surface area contributed by atoms with Crippen molar-refractivity contribution in [3.8, 4) is 0 Å². The summed E-state index contributed by atoms with van der Waals surface area (Å²) in [6, 6.07) is 19.5. The zero-order valence-corrected chi connectivity index (χ0v) is 14.3. The summed E-state index contributed by atoms with van der Waals surface area (Å²) in [7, 11) is -4.02. The van der Waals surface area contributed by atoms with Crippen molar-refractivity contribution in [1.82, 2.24) is 4.67 Å². The van der Waals surface area contributed by atoms with Gasteiger partial charge >= 0.3 is 133 Å². The number of rotatable bonds is 7. The molecule has 0 fully saturated rings. The third-order valence-corrected chi connectivity index (χ3v) is 7.98. The van der Waals surface area contributed by atoms with E-state index in [4.69, 9.17) is 0 Å². The predicted molar refractivity (Wildman–Crippen MR) is 94.6 cm³/mol. The summed E-state index contributed by atoms with van der Waals surface area (Å²) in [4.78, 5) is 22.9. The SMILES string of the molecule is CCN(CC)P(O)(O)(Cc1ccccc1)Cc1ccccc1. The molecular formula is C18H26NO2P. The average Bonchev–Trinajstić information content (AvgIpc) is 2.49. The first kappa shape index (κ1) is 17.1. The molecule has 0 saturated heterocycles. The van der Waals surface area contributed by atoms with E-state index >= 15 is 0 Å². The third-order valence-electron chi connectivity index (χ3n) is 4.08. The molecule has 2 rings (SSSR count). The molecule has 0 aromatic heterocycles. The normalized spacial score (nSPS) is 13.8. The van der Waals surface area contributed by atoms with Crippen LogP contribution in [0.2, 0.25) is 0 Å². The van der Waals surface area contributed by atoms with E-state index in [0.717, 1.165) is 11.1 Å². The van der Waals surface area contributed by atoms with Gasteiger partial charge in [0.2, 0.25) is 0 Å². The van der Waals surface area contributed by atoms with Crippen molar-refractivity contribution >= 4 is 7.21 Å². The second kappa shape index (κ2) is 6.89. The molecule has 0 heterocycles. The van der Waals surface area contributed by atoms with Crippen molar-refractivity contribution in [2.24, 2.45) is 0 Å². The van der Waals surface area contributed by atoms with Gasteiger partial charge in [-0.3, -0.25) is 0 Å². The van der Waals surface area contributed by atoms with Crippen LogP contribution in [0, 0.1) is 0 Å². The summed E-state index contributed by atoms with van der Waals surface area (Å²) in [6.45, 7) is 5.21. The molecular weight excluding hydrogens is 293 g/mol.